The van der Waals surface area contributed by atoms with Crippen molar-refractivity contribution in [2.75, 3.05) is 13.3 Å². The molecule has 1 aromatic carbocycles. The van der Waals surface area contributed by atoms with E-state index in [1.807, 2.05) is 6.92 Å². The summed E-state index contributed by atoms with van der Waals surface area (Å²) in [5.41, 5.74) is 6.28. The van der Waals surface area contributed by atoms with Crippen molar-refractivity contribution in [1.82, 2.24) is 5.32 Å². The van der Waals surface area contributed by atoms with Crippen molar-refractivity contribution in [1.29, 1.82) is 0 Å². The van der Waals surface area contributed by atoms with E-state index in [0.717, 1.165) is 6.42 Å². The Morgan fingerprint density at radius 1 is 1.47 bits per heavy atom. The van der Waals surface area contributed by atoms with Crippen molar-refractivity contribution >= 4 is 5.91 Å². The first kappa shape index (κ1) is 11.7. The minimum Gasteiger partial charge on any atom is -0.454 e. The molecule has 5 nitrogen and oxygen atoms in total. The summed E-state index contributed by atoms with van der Waals surface area (Å²) in [5.74, 6) is 1.14. The van der Waals surface area contributed by atoms with E-state index in [2.05, 4.69) is 5.32 Å². The summed E-state index contributed by atoms with van der Waals surface area (Å²) in [6.07, 6.45) is 0.835. The smallest absolute Gasteiger partial charge is 0.251 e. The zero-order valence-electron chi connectivity index (χ0n) is 9.73. The van der Waals surface area contributed by atoms with Gasteiger partial charge in [0.1, 0.15) is 0 Å². The molecule has 0 saturated heterocycles. The number of amides is 1. The third-order valence-corrected chi connectivity index (χ3v) is 2.68. The van der Waals surface area contributed by atoms with Crippen molar-refractivity contribution in [3.63, 3.8) is 0 Å². The van der Waals surface area contributed by atoms with Gasteiger partial charge in [-0.3, -0.25) is 4.79 Å². The largest absolute Gasteiger partial charge is 0.454 e. The van der Waals surface area contributed by atoms with Crippen LogP contribution < -0.4 is 20.5 Å². The molecule has 1 unspecified atom stereocenters. The number of fused-ring (bicyclic) bond motifs is 1. The number of nitrogens with one attached hydrogen (secondary N) is 1. The SMILES string of the molecule is CCC(N)CNC(=O)c1ccc2c(c1)OCO2. The van der Waals surface area contributed by atoms with Crippen LogP contribution >= 0.6 is 0 Å². The Kier molecular flexibility index (Phi) is 3.49. The summed E-state index contributed by atoms with van der Waals surface area (Å²) < 4.78 is 10.4. The molecule has 0 saturated carbocycles. The van der Waals surface area contributed by atoms with Gasteiger partial charge in [0.25, 0.3) is 5.91 Å². The minimum atomic E-state index is -0.146. The summed E-state index contributed by atoms with van der Waals surface area (Å²) in [5, 5.41) is 2.78. The molecule has 3 N–H and O–H groups in total. The highest BCUT2D eigenvalue weighted by Crippen LogP contribution is 2.32. The Morgan fingerprint density at radius 2 is 2.24 bits per heavy atom. The van der Waals surface area contributed by atoms with Crippen molar-refractivity contribution < 1.29 is 14.3 Å². The Labute approximate surface area is 99.9 Å². The van der Waals surface area contributed by atoms with Gasteiger partial charge in [-0.15, -0.1) is 0 Å². The molecule has 0 bridgehead atoms. The Bertz CT molecular complexity index is 420. The van der Waals surface area contributed by atoms with Crippen molar-refractivity contribution in [3.05, 3.63) is 23.8 Å². The third kappa shape index (κ3) is 2.68. The van der Waals surface area contributed by atoms with Crippen LogP contribution in [0.3, 0.4) is 0 Å². The predicted molar refractivity (Wildman–Crippen MR) is 63.2 cm³/mol. The summed E-state index contributed by atoms with van der Waals surface area (Å²) in [6, 6.07) is 5.11. The minimum absolute atomic E-state index is 0.00652. The molecule has 1 heterocycles. The number of carbonyl (C=O) groups excluding carboxylic acids is 1. The predicted octanol–water partition coefficient (Wildman–Crippen LogP) is 0.882. The van der Waals surface area contributed by atoms with E-state index < -0.39 is 0 Å². The van der Waals surface area contributed by atoms with Gasteiger partial charge in [0.2, 0.25) is 6.79 Å². The third-order valence-electron chi connectivity index (χ3n) is 2.68. The Balaban J connectivity index is 2.00. The topological polar surface area (TPSA) is 73.6 Å². The van der Waals surface area contributed by atoms with Crippen LogP contribution in [0.25, 0.3) is 0 Å². The molecule has 1 aliphatic rings. The molecule has 0 aliphatic carbocycles. The van der Waals surface area contributed by atoms with Crippen molar-refractivity contribution in [3.8, 4) is 11.5 Å². The average Bonchev–Trinajstić information content (AvgIpc) is 2.82. The van der Waals surface area contributed by atoms with Crippen molar-refractivity contribution in [2.45, 2.75) is 19.4 Å². The monoisotopic (exact) mass is 236 g/mol. The van der Waals surface area contributed by atoms with Crippen LogP contribution in [0.2, 0.25) is 0 Å². The van der Waals surface area contributed by atoms with Gasteiger partial charge in [0.05, 0.1) is 0 Å². The quantitative estimate of drug-likeness (QED) is 0.814. The first-order valence-corrected chi connectivity index (χ1v) is 5.64. The van der Waals surface area contributed by atoms with Crippen LogP contribution in [0.15, 0.2) is 18.2 Å². The van der Waals surface area contributed by atoms with Gasteiger partial charge in [0, 0.05) is 18.2 Å². The van der Waals surface area contributed by atoms with Crippen LogP contribution in [-0.4, -0.2) is 25.3 Å². The highest BCUT2D eigenvalue weighted by Gasteiger charge is 2.16. The molecule has 2 rings (SSSR count). The fourth-order valence-corrected chi connectivity index (χ4v) is 1.51. The summed E-state index contributed by atoms with van der Waals surface area (Å²) in [7, 11) is 0. The van der Waals surface area contributed by atoms with Crippen LogP contribution in [0.5, 0.6) is 11.5 Å². The van der Waals surface area contributed by atoms with E-state index in [0.29, 0.717) is 23.6 Å². The van der Waals surface area contributed by atoms with E-state index >= 15 is 0 Å². The maximum Gasteiger partial charge on any atom is 0.251 e. The van der Waals surface area contributed by atoms with Crippen LogP contribution in [0.1, 0.15) is 23.7 Å². The highest BCUT2D eigenvalue weighted by molar-refractivity contribution is 5.94. The van der Waals surface area contributed by atoms with Gasteiger partial charge in [-0.25, -0.2) is 0 Å². The van der Waals surface area contributed by atoms with E-state index in [4.69, 9.17) is 15.2 Å². The highest BCUT2D eigenvalue weighted by atomic mass is 16.7. The average molecular weight is 236 g/mol. The lowest BCUT2D eigenvalue weighted by Crippen LogP contribution is -2.36. The standard InChI is InChI=1S/C12H16N2O3/c1-2-9(13)6-14-12(15)8-3-4-10-11(5-8)17-7-16-10/h3-5,9H,2,6-7,13H2,1H3,(H,14,15). The summed E-state index contributed by atoms with van der Waals surface area (Å²) in [6.45, 7) is 2.67. The van der Waals surface area contributed by atoms with Crippen molar-refractivity contribution in [2.24, 2.45) is 5.73 Å². The lowest BCUT2D eigenvalue weighted by molar-refractivity contribution is 0.0950. The lowest BCUT2D eigenvalue weighted by atomic mass is 10.2. The second kappa shape index (κ2) is 5.05. The summed E-state index contributed by atoms with van der Waals surface area (Å²) >= 11 is 0. The van der Waals surface area contributed by atoms with Gasteiger partial charge < -0.3 is 20.5 Å². The molecule has 0 fully saturated rings. The molecule has 1 atom stereocenters. The fraction of sp³-hybridized carbons (Fsp3) is 0.417. The summed E-state index contributed by atoms with van der Waals surface area (Å²) in [4.78, 5) is 11.8. The molecule has 0 radical (unpaired) electrons. The molecular formula is C12H16N2O3. The molecule has 1 aromatic rings. The number of nitrogens with two attached hydrogens (primary N) is 1. The van der Waals surface area contributed by atoms with E-state index in [-0.39, 0.29) is 18.7 Å². The normalized spacial score (nSPS) is 14.5. The number of rotatable bonds is 4. The molecule has 1 aliphatic heterocycles. The van der Waals surface area contributed by atoms with Gasteiger partial charge in [-0.1, -0.05) is 6.92 Å². The van der Waals surface area contributed by atoms with Crippen LogP contribution in [0.4, 0.5) is 0 Å². The zero-order valence-corrected chi connectivity index (χ0v) is 9.73. The molecular weight excluding hydrogens is 220 g/mol. The van der Waals surface area contributed by atoms with Gasteiger partial charge in [-0.2, -0.15) is 0 Å². The van der Waals surface area contributed by atoms with E-state index in [1.54, 1.807) is 18.2 Å². The van der Waals surface area contributed by atoms with Gasteiger partial charge >= 0.3 is 0 Å². The lowest BCUT2D eigenvalue weighted by Gasteiger charge is -2.10. The molecule has 5 heteroatoms. The number of carbonyl (C=O) groups is 1. The fourth-order valence-electron chi connectivity index (χ4n) is 1.51. The second-order valence-electron chi connectivity index (χ2n) is 3.95. The van der Waals surface area contributed by atoms with Crippen LogP contribution in [-0.2, 0) is 0 Å². The number of ether oxygens (including phenoxy) is 2. The molecule has 1 amide bonds. The number of benzene rings is 1. The van der Waals surface area contributed by atoms with Gasteiger partial charge in [0.15, 0.2) is 11.5 Å². The molecule has 92 valence electrons. The maximum atomic E-state index is 11.8. The molecule has 0 aromatic heterocycles. The Hall–Kier alpha value is -1.75. The number of hydrogen-bond acceptors (Lipinski definition) is 4. The van der Waals surface area contributed by atoms with Gasteiger partial charge in [-0.05, 0) is 24.6 Å². The van der Waals surface area contributed by atoms with E-state index in [9.17, 15) is 4.79 Å². The molecule has 17 heavy (non-hydrogen) atoms. The second-order valence-corrected chi connectivity index (χ2v) is 3.95. The zero-order chi connectivity index (χ0) is 12.3. The Morgan fingerprint density at radius 3 is 3.00 bits per heavy atom. The first-order valence-electron chi connectivity index (χ1n) is 5.64. The maximum absolute atomic E-state index is 11.8. The molecule has 0 spiro atoms. The first-order chi connectivity index (χ1) is 8.20. The van der Waals surface area contributed by atoms with E-state index in [1.165, 1.54) is 0 Å². The van der Waals surface area contributed by atoms with Crippen LogP contribution in [0, 0.1) is 0 Å². The number of hydrogen-bond donors (Lipinski definition) is 2.